The van der Waals surface area contributed by atoms with Crippen LogP contribution < -0.4 is 0 Å². The van der Waals surface area contributed by atoms with Crippen molar-refractivity contribution in [3.8, 4) is 12.3 Å². The normalized spacial score (nSPS) is 19.5. The van der Waals surface area contributed by atoms with E-state index >= 15 is 0 Å². The van der Waals surface area contributed by atoms with Crippen molar-refractivity contribution >= 4 is 12.2 Å². The highest BCUT2D eigenvalue weighted by Gasteiger charge is 2.31. The number of aliphatic imine (C=N–C) groups is 1. The third-order valence-corrected chi connectivity index (χ3v) is 3.85. The zero-order chi connectivity index (χ0) is 16.5. The smallest absolute Gasteiger partial charge is 0.305 e. The van der Waals surface area contributed by atoms with Crippen LogP contribution in [-0.4, -0.2) is 38.0 Å². The first kappa shape index (κ1) is 17.2. The molecule has 0 spiro atoms. The van der Waals surface area contributed by atoms with Gasteiger partial charge in [0, 0.05) is 25.2 Å². The highest BCUT2D eigenvalue weighted by molar-refractivity contribution is 5.72. The Morgan fingerprint density at radius 2 is 2.30 bits per heavy atom. The van der Waals surface area contributed by atoms with Crippen LogP contribution >= 0.6 is 0 Å². The third-order valence-electron chi connectivity index (χ3n) is 3.85. The number of fused-ring (bicyclic) bond motifs is 1. The zero-order valence-corrected chi connectivity index (χ0v) is 13.5. The molecule has 0 saturated carbocycles. The molecular formula is C19H23NO3. The first-order chi connectivity index (χ1) is 11.3. The molecule has 0 unspecified atom stereocenters. The van der Waals surface area contributed by atoms with Gasteiger partial charge in [-0.25, -0.2) is 0 Å². The molecule has 1 aliphatic carbocycles. The van der Waals surface area contributed by atoms with E-state index in [-0.39, 0.29) is 18.0 Å². The lowest BCUT2D eigenvalue weighted by atomic mass is 10.0. The average Bonchev–Trinajstić information content (AvgIpc) is 2.90. The van der Waals surface area contributed by atoms with Crippen LogP contribution in [0.3, 0.4) is 0 Å². The molecule has 0 heterocycles. The lowest BCUT2D eigenvalue weighted by Gasteiger charge is -2.17. The van der Waals surface area contributed by atoms with Crippen LogP contribution in [0.25, 0.3) is 0 Å². The summed E-state index contributed by atoms with van der Waals surface area (Å²) in [6, 6.07) is 8.31. The molecule has 122 valence electrons. The lowest BCUT2D eigenvalue weighted by molar-refractivity contribution is -0.143. The van der Waals surface area contributed by atoms with Crippen LogP contribution in [0.2, 0.25) is 0 Å². The summed E-state index contributed by atoms with van der Waals surface area (Å²) < 4.78 is 10.9. The summed E-state index contributed by atoms with van der Waals surface area (Å²) in [4.78, 5) is 15.6. The molecule has 1 aliphatic rings. The molecule has 0 bridgehead atoms. The average molecular weight is 313 g/mol. The molecule has 0 fully saturated rings. The van der Waals surface area contributed by atoms with Gasteiger partial charge in [-0.05, 0) is 30.9 Å². The van der Waals surface area contributed by atoms with Gasteiger partial charge >= 0.3 is 5.97 Å². The number of nitrogens with zero attached hydrogens (tertiary/aromatic N) is 1. The zero-order valence-electron chi connectivity index (χ0n) is 13.5. The van der Waals surface area contributed by atoms with E-state index in [0.717, 1.165) is 6.42 Å². The van der Waals surface area contributed by atoms with Gasteiger partial charge in [0.2, 0.25) is 0 Å². The number of carbonyl (C=O) groups is 1. The summed E-state index contributed by atoms with van der Waals surface area (Å²) in [6.45, 7) is 3.15. The quantitative estimate of drug-likeness (QED) is 0.321. The first-order valence-corrected chi connectivity index (χ1v) is 8.04. The van der Waals surface area contributed by atoms with Gasteiger partial charge < -0.3 is 9.47 Å². The molecule has 1 aromatic carbocycles. The number of carbonyl (C=O) groups excluding carboxylic acids is 1. The maximum atomic E-state index is 11.3. The van der Waals surface area contributed by atoms with Gasteiger partial charge in [-0.15, -0.1) is 6.42 Å². The van der Waals surface area contributed by atoms with E-state index in [4.69, 9.17) is 15.9 Å². The van der Waals surface area contributed by atoms with Crippen molar-refractivity contribution in [3.05, 3.63) is 35.4 Å². The summed E-state index contributed by atoms with van der Waals surface area (Å²) in [5.74, 6) is 2.48. The number of hydrogen-bond acceptors (Lipinski definition) is 4. The molecule has 0 radical (unpaired) electrons. The molecule has 2 atom stereocenters. The van der Waals surface area contributed by atoms with Crippen LogP contribution in [-0.2, 0) is 20.7 Å². The highest BCUT2D eigenvalue weighted by Crippen LogP contribution is 2.34. The predicted octanol–water partition coefficient (Wildman–Crippen LogP) is 2.76. The Morgan fingerprint density at radius 1 is 1.48 bits per heavy atom. The molecule has 0 saturated heterocycles. The number of esters is 1. The van der Waals surface area contributed by atoms with Gasteiger partial charge in [0.1, 0.15) is 0 Å². The largest absolute Gasteiger partial charge is 0.466 e. The molecule has 4 heteroatoms. The van der Waals surface area contributed by atoms with Gasteiger partial charge in [0.25, 0.3) is 0 Å². The topological polar surface area (TPSA) is 47.9 Å². The molecule has 1 aromatic rings. The van der Waals surface area contributed by atoms with Crippen molar-refractivity contribution in [3.63, 3.8) is 0 Å². The van der Waals surface area contributed by atoms with Crippen molar-refractivity contribution in [2.75, 3.05) is 19.8 Å². The third kappa shape index (κ3) is 4.94. The van der Waals surface area contributed by atoms with E-state index in [0.29, 0.717) is 32.6 Å². The van der Waals surface area contributed by atoms with E-state index in [2.05, 4.69) is 23.0 Å². The van der Waals surface area contributed by atoms with Gasteiger partial charge in [-0.1, -0.05) is 30.2 Å². The Labute approximate surface area is 137 Å². The fourth-order valence-corrected chi connectivity index (χ4v) is 2.83. The fourth-order valence-electron chi connectivity index (χ4n) is 2.83. The Morgan fingerprint density at radius 3 is 3.09 bits per heavy atom. The summed E-state index contributed by atoms with van der Waals surface area (Å²) in [7, 11) is 0. The number of benzene rings is 1. The van der Waals surface area contributed by atoms with E-state index in [1.54, 1.807) is 0 Å². The lowest BCUT2D eigenvalue weighted by Crippen LogP contribution is -2.21. The number of rotatable bonds is 8. The van der Waals surface area contributed by atoms with Crippen LogP contribution in [0.5, 0.6) is 0 Å². The SMILES string of the molecule is C#CCN=C[C@H]1c2ccccc2C[C@H]1OCCCC(=O)OCC. The minimum Gasteiger partial charge on any atom is -0.466 e. The van der Waals surface area contributed by atoms with E-state index in [1.807, 2.05) is 25.3 Å². The van der Waals surface area contributed by atoms with Gasteiger partial charge in [-0.2, -0.15) is 0 Å². The molecule has 0 aliphatic heterocycles. The van der Waals surface area contributed by atoms with Crippen LogP contribution in [0, 0.1) is 12.3 Å². The van der Waals surface area contributed by atoms with E-state index in [1.165, 1.54) is 11.1 Å². The van der Waals surface area contributed by atoms with Crippen molar-refractivity contribution in [1.29, 1.82) is 0 Å². The molecule has 2 rings (SSSR count). The summed E-state index contributed by atoms with van der Waals surface area (Å²) in [5.41, 5.74) is 2.55. The number of terminal acetylenes is 1. The Bertz CT molecular complexity index is 589. The van der Waals surface area contributed by atoms with Gasteiger partial charge in [-0.3, -0.25) is 9.79 Å². The highest BCUT2D eigenvalue weighted by atomic mass is 16.5. The van der Waals surface area contributed by atoms with Crippen molar-refractivity contribution in [2.45, 2.75) is 38.2 Å². The molecular weight excluding hydrogens is 290 g/mol. The van der Waals surface area contributed by atoms with Crippen molar-refractivity contribution in [1.82, 2.24) is 0 Å². The van der Waals surface area contributed by atoms with E-state index < -0.39 is 0 Å². The standard InChI is InChI=1S/C19H23NO3/c1-3-11-20-14-17-16-9-6-5-8-15(16)13-18(17)23-12-7-10-19(21)22-4-2/h1,5-6,8-9,14,17-18H,4,7,10-13H2,2H3/t17-,18+/m0/s1. The minimum absolute atomic E-state index is 0.0520. The van der Waals surface area contributed by atoms with Crippen LogP contribution in [0.4, 0.5) is 0 Å². The Kier molecular flexibility index (Phi) is 6.83. The molecule has 4 nitrogen and oxygen atoms in total. The maximum Gasteiger partial charge on any atom is 0.305 e. The predicted molar refractivity (Wildman–Crippen MR) is 90.7 cm³/mol. The summed E-state index contributed by atoms with van der Waals surface area (Å²) >= 11 is 0. The molecule has 23 heavy (non-hydrogen) atoms. The number of ether oxygens (including phenoxy) is 2. The van der Waals surface area contributed by atoms with Crippen LogP contribution in [0.1, 0.15) is 36.8 Å². The second kappa shape index (κ2) is 9.12. The summed E-state index contributed by atoms with van der Waals surface area (Å²) in [6.07, 6.45) is 9.13. The summed E-state index contributed by atoms with van der Waals surface area (Å²) in [5, 5.41) is 0. The van der Waals surface area contributed by atoms with Crippen LogP contribution in [0.15, 0.2) is 29.3 Å². The monoisotopic (exact) mass is 313 g/mol. The molecule has 0 N–H and O–H groups in total. The van der Waals surface area contributed by atoms with Crippen molar-refractivity contribution in [2.24, 2.45) is 4.99 Å². The fraction of sp³-hybridized carbons (Fsp3) is 0.474. The molecule has 0 aromatic heterocycles. The Balaban J connectivity index is 1.90. The minimum atomic E-state index is -0.169. The maximum absolute atomic E-state index is 11.3. The first-order valence-electron chi connectivity index (χ1n) is 8.04. The second-order valence-electron chi connectivity index (χ2n) is 5.44. The van der Waals surface area contributed by atoms with Gasteiger partial charge in [0.15, 0.2) is 0 Å². The van der Waals surface area contributed by atoms with Crippen molar-refractivity contribution < 1.29 is 14.3 Å². The van der Waals surface area contributed by atoms with Gasteiger partial charge in [0.05, 0.1) is 19.3 Å². The molecule has 0 amide bonds. The Hall–Kier alpha value is -2.12. The second-order valence-corrected chi connectivity index (χ2v) is 5.44. The number of hydrogen-bond donors (Lipinski definition) is 0. The van der Waals surface area contributed by atoms with E-state index in [9.17, 15) is 4.79 Å².